The molecule has 0 radical (unpaired) electrons. The first-order valence-corrected chi connectivity index (χ1v) is 12.1. The van der Waals surface area contributed by atoms with Crippen LogP contribution < -0.4 is 15.4 Å². The summed E-state index contributed by atoms with van der Waals surface area (Å²) in [6, 6.07) is 15.8. The summed E-state index contributed by atoms with van der Waals surface area (Å²) in [4.78, 5) is 17.8. The molecule has 7 heteroatoms. The van der Waals surface area contributed by atoms with Gasteiger partial charge in [-0.3, -0.25) is 14.5 Å². The van der Waals surface area contributed by atoms with Crippen molar-refractivity contribution in [2.24, 2.45) is 7.05 Å². The Bertz CT molecular complexity index is 1370. The lowest BCUT2D eigenvalue weighted by Crippen LogP contribution is -2.35. The Morgan fingerprint density at radius 1 is 1.14 bits per heavy atom. The number of rotatable bonds is 5. The Labute approximate surface area is 205 Å². The van der Waals surface area contributed by atoms with Crippen molar-refractivity contribution < 1.29 is 9.53 Å². The zero-order valence-corrected chi connectivity index (χ0v) is 20.5. The lowest BCUT2D eigenvalue weighted by atomic mass is 9.95. The van der Waals surface area contributed by atoms with Crippen molar-refractivity contribution in [1.82, 2.24) is 25.4 Å². The molecule has 7 nitrogen and oxygen atoms in total. The fraction of sp³-hybridized carbons (Fsp3) is 0.321. The normalized spacial score (nSPS) is 15.5. The van der Waals surface area contributed by atoms with Gasteiger partial charge in [-0.1, -0.05) is 12.1 Å². The average Bonchev–Trinajstić information content (AvgIpc) is 3.47. The molecule has 0 unspecified atom stereocenters. The molecule has 35 heavy (non-hydrogen) atoms. The van der Waals surface area contributed by atoms with E-state index < -0.39 is 5.54 Å². The van der Waals surface area contributed by atoms with Crippen molar-refractivity contribution in [3.63, 3.8) is 0 Å². The third-order valence-corrected chi connectivity index (χ3v) is 6.74. The van der Waals surface area contributed by atoms with Gasteiger partial charge in [0.25, 0.3) is 5.91 Å². The van der Waals surface area contributed by atoms with Crippen LogP contribution in [0.2, 0.25) is 0 Å². The van der Waals surface area contributed by atoms with Gasteiger partial charge >= 0.3 is 0 Å². The minimum Gasteiger partial charge on any atom is -0.497 e. The molecule has 2 aromatic carbocycles. The number of methoxy groups -OCH3 is 1. The summed E-state index contributed by atoms with van der Waals surface area (Å²) in [5.41, 5.74) is 5.03. The van der Waals surface area contributed by atoms with E-state index in [4.69, 9.17) is 4.74 Å². The highest BCUT2D eigenvalue weighted by molar-refractivity contribution is 5.98. The summed E-state index contributed by atoms with van der Waals surface area (Å²) >= 11 is 0. The number of benzene rings is 2. The van der Waals surface area contributed by atoms with Crippen molar-refractivity contribution in [2.75, 3.05) is 20.2 Å². The summed E-state index contributed by atoms with van der Waals surface area (Å²) in [7, 11) is 3.51. The first-order chi connectivity index (χ1) is 17.0. The Kier molecular flexibility index (Phi) is 6.26. The predicted molar refractivity (Wildman–Crippen MR) is 138 cm³/mol. The maximum absolute atomic E-state index is 13.3. The second kappa shape index (κ2) is 9.50. The summed E-state index contributed by atoms with van der Waals surface area (Å²) in [5, 5.41) is 12.0. The predicted octanol–water partition coefficient (Wildman–Crippen LogP) is 4.35. The van der Waals surface area contributed by atoms with Crippen LogP contribution in [-0.4, -0.2) is 40.9 Å². The van der Waals surface area contributed by atoms with E-state index in [0.717, 1.165) is 46.1 Å². The number of nitrogens with one attached hydrogen (secondary N) is 2. The fourth-order valence-electron chi connectivity index (χ4n) is 4.32. The molecule has 1 saturated carbocycles. The molecular formula is C28H31N5O2. The number of carbonyl (C=O) groups excluding carboxylic acids is 1. The standard InChI is InChI=1S/C25H24N4O2.C3H7N/c1-16-6-7-18(31-3)15-20(16)24(30)27-25(9-10-25)21-13-17(22-8-12-29(2)28-22)14-23-19(21)5-4-11-26-23;1-2-4-3-1/h4-8,11-15H,9-10H2,1-3H3,(H,27,30);4H,1-3H2. The van der Waals surface area contributed by atoms with Crippen LogP contribution >= 0.6 is 0 Å². The van der Waals surface area contributed by atoms with Gasteiger partial charge in [-0.25, -0.2) is 0 Å². The molecular weight excluding hydrogens is 438 g/mol. The van der Waals surface area contributed by atoms with Crippen LogP contribution in [0, 0.1) is 6.92 Å². The van der Waals surface area contributed by atoms with E-state index in [1.807, 2.05) is 44.4 Å². The molecule has 4 aromatic rings. The minimum atomic E-state index is -0.404. The van der Waals surface area contributed by atoms with Gasteiger partial charge < -0.3 is 15.4 Å². The van der Waals surface area contributed by atoms with E-state index in [0.29, 0.717) is 11.3 Å². The van der Waals surface area contributed by atoms with Crippen LogP contribution in [-0.2, 0) is 12.6 Å². The zero-order chi connectivity index (χ0) is 24.4. The molecule has 1 amide bonds. The van der Waals surface area contributed by atoms with E-state index in [1.54, 1.807) is 24.1 Å². The van der Waals surface area contributed by atoms with Crippen molar-refractivity contribution in [3.05, 3.63) is 77.6 Å². The van der Waals surface area contributed by atoms with Gasteiger partial charge in [0, 0.05) is 36.0 Å². The van der Waals surface area contributed by atoms with Crippen LogP contribution in [0.15, 0.2) is 60.9 Å². The molecule has 3 heterocycles. The molecule has 1 aliphatic heterocycles. The maximum Gasteiger partial charge on any atom is 0.252 e. The second-order valence-electron chi connectivity index (χ2n) is 9.29. The molecule has 2 fully saturated rings. The number of carbonyl (C=O) groups is 1. The highest BCUT2D eigenvalue weighted by Crippen LogP contribution is 2.49. The van der Waals surface area contributed by atoms with Gasteiger partial charge in [-0.05, 0) is 86.8 Å². The maximum atomic E-state index is 13.3. The largest absolute Gasteiger partial charge is 0.497 e. The molecule has 2 aromatic heterocycles. The molecule has 1 saturated heterocycles. The van der Waals surface area contributed by atoms with Gasteiger partial charge in [0.05, 0.1) is 23.9 Å². The second-order valence-corrected chi connectivity index (χ2v) is 9.29. The molecule has 1 aliphatic carbocycles. The molecule has 0 atom stereocenters. The van der Waals surface area contributed by atoms with Crippen LogP contribution in [0.3, 0.4) is 0 Å². The zero-order valence-electron chi connectivity index (χ0n) is 20.5. The minimum absolute atomic E-state index is 0.0887. The third kappa shape index (κ3) is 4.77. The first-order valence-electron chi connectivity index (χ1n) is 12.1. The highest BCUT2D eigenvalue weighted by Gasteiger charge is 2.47. The topological polar surface area (TPSA) is 81.1 Å². The summed E-state index contributed by atoms with van der Waals surface area (Å²) < 4.78 is 7.11. The van der Waals surface area contributed by atoms with Crippen LogP contribution in [0.5, 0.6) is 5.75 Å². The summed E-state index contributed by atoms with van der Waals surface area (Å²) in [6.07, 6.45) is 6.89. The lowest BCUT2D eigenvalue weighted by molar-refractivity contribution is 0.0930. The van der Waals surface area contributed by atoms with E-state index in [9.17, 15) is 4.79 Å². The molecule has 0 spiro atoms. The van der Waals surface area contributed by atoms with Crippen LogP contribution in [0.4, 0.5) is 0 Å². The molecule has 2 aliphatic rings. The number of pyridine rings is 1. The Morgan fingerprint density at radius 3 is 2.54 bits per heavy atom. The number of fused-ring (bicyclic) bond motifs is 1. The number of amides is 1. The summed E-state index contributed by atoms with van der Waals surface area (Å²) in [5.74, 6) is 0.585. The lowest BCUT2D eigenvalue weighted by Gasteiger charge is -2.21. The first kappa shape index (κ1) is 23.1. The van der Waals surface area contributed by atoms with Gasteiger partial charge in [-0.15, -0.1) is 0 Å². The van der Waals surface area contributed by atoms with Gasteiger partial charge in [0.15, 0.2) is 0 Å². The van der Waals surface area contributed by atoms with Crippen molar-refractivity contribution in [2.45, 2.75) is 31.7 Å². The van der Waals surface area contributed by atoms with Crippen LogP contribution in [0.1, 0.15) is 40.7 Å². The quantitative estimate of drug-likeness (QED) is 0.454. The van der Waals surface area contributed by atoms with Gasteiger partial charge in [0.1, 0.15) is 5.75 Å². The van der Waals surface area contributed by atoms with E-state index in [2.05, 4.69) is 38.9 Å². The number of hydrogen-bond acceptors (Lipinski definition) is 5. The molecule has 2 N–H and O–H groups in total. The number of hydrogen-bond donors (Lipinski definition) is 2. The third-order valence-electron chi connectivity index (χ3n) is 6.74. The number of ether oxygens (including phenoxy) is 1. The summed E-state index contributed by atoms with van der Waals surface area (Å²) in [6.45, 7) is 4.44. The van der Waals surface area contributed by atoms with Crippen molar-refractivity contribution in [1.29, 1.82) is 0 Å². The average molecular weight is 470 g/mol. The Morgan fingerprint density at radius 2 is 1.91 bits per heavy atom. The SMILES string of the molecule is C1CNC1.COc1ccc(C)c(C(=O)NC2(c3cc(-c4ccn(C)n4)cc4ncccc34)CC2)c1. The van der Waals surface area contributed by atoms with E-state index >= 15 is 0 Å². The smallest absolute Gasteiger partial charge is 0.252 e. The molecule has 180 valence electrons. The number of nitrogens with zero attached hydrogens (tertiary/aromatic N) is 3. The molecule has 0 bridgehead atoms. The molecule has 6 rings (SSSR count). The Balaban J connectivity index is 0.000000577. The number of aryl methyl sites for hydroxylation is 2. The Hall–Kier alpha value is -3.71. The fourth-order valence-corrected chi connectivity index (χ4v) is 4.32. The van der Waals surface area contributed by atoms with Gasteiger partial charge in [0.2, 0.25) is 0 Å². The van der Waals surface area contributed by atoms with E-state index in [1.165, 1.54) is 19.5 Å². The highest BCUT2D eigenvalue weighted by atomic mass is 16.5. The van der Waals surface area contributed by atoms with Crippen LogP contribution in [0.25, 0.3) is 22.2 Å². The van der Waals surface area contributed by atoms with Crippen molar-refractivity contribution >= 4 is 16.8 Å². The van der Waals surface area contributed by atoms with Gasteiger partial charge in [-0.2, -0.15) is 5.10 Å². The monoisotopic (exact) mass is 469 g/mol. The van der Waals surface area contributed by atoms with Crippen molar-refractivity contribution in [3.8, 4) is 17.0 Å². The number of aromatic nitrogens is 3. The van der Waals surface area contributed by atoms with E-state index in [-0.39, 0.29) is 5.91 Å².